The highest BCUT2D eigenvalue weighted by molar-refractivity contribution is 5.59. The van der Waals surface area contributed by atoms with Crippen LogP contribution in [-0.2, 0) is 0 Å². The Morgan fingerprint density at radius 2 is 1.96 bits per heavy atom. The van der Waals surface area contributed by atoms with Crippen LogP contribution in [0.15, 0.2) is 48.8 Å². The van der Waals surface area contributed by atoms with E-state index in [1.165, 1.54) is 19.5 Å². The van der Waals surface area contributed by atoms with Crippen molar-refractivity contribution in [3.63, 3.8) is 0 Å². The van der Waals surface area contributed by atoms with Crippen LogP contribution in [0.4, 0.5) is 8.78 Å². The van der Waals surface area contributed by atoms with Crippen molar-refractivity contribution in [2.45, 2.75) is 6.43 Å². The summed E-state index contributed by atoms with van der Waals surface area (Å²) in [7, 11) is 1.49. The van der Waals surface area contributed by atoms with Gasteiger partial charge in [-0.3, -0.25) is 4.57 Å². The summed E-state index contributed by atoms with van der Waals surface area (Å²) in [5, 5.41) is 8.54. The molecule has 0 amide bonds. The highest BCUT2D eigenvalue weighted by Crippen LogP contribution is 2.28. The Kier molecular flexibility index (Phi) is 5.08. The molecule has 0 bridgehead atoms. The number of hydrogen-bond acceptors (Lipinski definition) is 5. The van der Waals surface area contributed by atoms with Crippen LogP contribution in [0.1, 0.15) is 12.1 Å². The molecule has 0 atom stereocenters. The number of ether oxygens (including phenoxy) is 2. The van der Waals surface area contributed by atoms with E-state index >= 15 is 0 Å². The molecule has 0 unspecified atom stereocenters. The molecular formula is C18H14F2N4O2. The Labute approximate surface area is 148 Å². The molecule has 0 saturated heterocycles. The van der Waals surface area contributed by atoms with Crippen molar-refractivity contribution in [2.24, 2.45) is 0 Å². The van der Waals surface area contributed by atoms with E-state index in [4.69, 9.17) is 14.7 Å². The second-order valence-corrected chi connectivity index (χ2v) is 5.19. The molecular weight excluding hydrogens is 342 g/mol. The average molecular weight is 356 g/mol. The monoisotopic (exact) mass is 356 g/mol. The van der Waals surface area contributed by atoms with E-state index in [1.54, 1.807) is 41.0 Å². The van der Waals surface area contributed by atoms with Gasteiger partial charge in [0.1, 0.15) is 23.3 Å². The summed E-state index contributed by atoms with van der Waals surface area (Å²) in [4.78, 5) is 8.14. The molecule has 0 aliphatic heterocycles. The maximum Gasteiger partial charge on any atom is 0.281 e. The molecule has 3 aromatic rings. The summed E-state index contributed by atoms with van der Waals surface area (Å²) in [5.74, 6) is 1.26. The zero-order valence-corrected chi connectivity index (χ0v) is 13.8. The number of aromatic nitrogens is 3. The summed E-state index contributed by atoms with van der Waals surface area (Å²) in [6.45, 7) is -0.0667. The summed E-state index contributed by atoms with van der Waals surface area (Å²) in [6, 6.07) is 11.9. The summed E-state index contributed by atoms with van der Waals surface area (Å²) < 4.78 is 38.1. The van der Waals surface area contributed by atoms with Gasteiger partial charge in [0.15, 0.2) is 6.61 Å². The van der Waals surface area contributed by atoms with E-state index in [0.29, 0.717) is 28.7 Å². The van der Waals surface area contributed by atoms with E-state index in [0.717, 1.165) is 0 Å². The molecule has 1 aromatic carbocycles. The Balaban J connectivity index is 2.01. The molecule has 0 N–H and O–H groups in total. The molecule has 3 rings (SSSR count). The second kappa shape index (κ2) is 7.61. The van der Waals surface area contributed by atoms with Gasteiger partial charge in [0, 0.05) is 29.7 Å². The number of nitrogens with zero attached hydrogens (tertiary/aromatic N) is 4. The van der Waals surface area contributed by atoms with Gasteiger partial charge in [-0.1, -0.05) is 0 Å². The van der Waals surface area contributed by atoms with Gasteiger partial charge in [-0.25, -0.2) is 18.7 Å². The fraction of sp³-hybridized carbons (Fsp3) is 0.167. The average Bonchev–Trinajstić information content (AvgIpc) is 3.12. The highest BCUT2D eigenvalue weighted by Gasteiger charge is 2.18. The van der Waals surface area contributed by atoms with Gasteiger partial charge in [-0.2, -0.15) is 5.26 Å². The third kappa shape index (κ3) is 3.62. The predicted molar refractivity (Wildman–Crippen MR) is 89.4 cm³/mol. The van der Waals surface area contributed by atoms with Gasteiger partial charge in [0.05, 0.1) is 7.11 Å². The lowest BCUT2D eigenvalue weighted by Gasteiger charge is -2.09. The molecule has 8 heteroatoms. The molecule has 26 heavy (non-hydrogen) atoms. The number of hydrogen-bond donors (Lipinski definition) is 0. The fourth-order valence-electron chi connectivity index (χ4n) is 2.36. The van der Waals surface area contributed by atoms with E-state index in [-0.39, 0.29) is 12.3 Å². The molecule has 0 aliphatic carbocycles. The molecule has 0 aliphatic rings. The largest absolute Gasteiger partial charge is 0.481 e. The minimum atomic E-state index is -2.69. The van der Waals surface area contributed by atoms with Gasteiger partial charge >= 0.3 is 0 Å². The van der Waals surface area contributed by atoms with Crippen molar-refractivity contribution in [3.05, 3.63) is 54.5 Å². The standard InChI is InChI=1S/C18H14F2N4O2/c1-25-16-7-2-12(10-22-16)18-23-15(17(19)20)11-24(18)13-3-5-14(6-4-13)26-9-8-21/h2-7,10-11,17H,9H2,1H3. The van der Waals surface area contributed by atoms with Crippen LogP contribution in [0, 0.1) is 11.3 Å². The summed E-state index contributed by atoms with van der Waals surface area (Å²) in [5.41, 5.74) is 0.864. The van der Waals surface area contributed by atoms with Crippen LogP contribution in [0.2, 0.25) is 0 Å². The number of benzene rings is 1. The van der Waals surface area contributed by atoms with Gasteiger partial charge in [0.2, 0.25) is 5.88 Å². The van der Waals surface area contributed by atoms with Crippen molar-refractivity contribution in [1.82, 2.24) is 14.5 Å². The number of halogens is 2. The van der Waals surface area contributed by atoms with Gasteiger partial charge < -0.3 is 9.47 Å². The first-order chi connectivity index (χ1) is 12.6. The lowest BCUT2D eigenvalue weighted by Crippen LogP contribution is -1.98. The number of alkyl halides is 2. The first-order valence-corrected chi connectivity index (χ1v) is 7.60. The van der Waals surface area contributed by atoms with Gasteiger partial charge in [-0.15, -0.1) is 0 Å². The molecule has 2 heterocycles. The topological polar surface area (TPSA) is 73.0 Å². The first-order valence-electron chi connectivity index (χ1n) is 7.60. The molecule has 6 nitrogen and oxygen atoms in total. The van der Waals surface area contributed by atoms with Crippen molar-refractivity contribution in [3.8, 4) is 34.8 Å². The van der Waals surface area contributed by atoms with Crippen molar-refractivity contribution < 1.29 is 18.3 Å². The third-order valence-electron chi connectivity index (χ3n) is 3.57. The van der Waals surface area contributed by atoms with Crippen LogP contribution in [-0.4, -0.2) is 28.3 Å². The molecule has 2 aromatic heterocycles. The second-order valence-electron chi connectivity index (χ2n) is 5.19. The number of methoxy groups -OCH3 is 1. The number of rotatable bonds is 6. The predicted octanol–water partition coefficient (Wildman–Crippen LogP) is 3.78. The van der Waals surface area contributed by atoms with Crippen molar-refractivity contribution in [2.75, 3.05) is 13.7 Å². The number of imidazole rings is 1. The lowest BCUT2D eigenvalue weighted by molar-refractivity contribution is 0.146. The molecule has 0 saturated carbocycles. The fourth-order valence-corrected chi connectivity index (χ4v) is 2.36. The zero-order valence-electron chi connectivity index (χ0n) is 13.8. The zero-order chi connectivity index (χ0) is 18.5. The van der Waals surface area contributed by atoms with Crippen LogP contribution in [0.25, 0.3) is 17.1 Å². The Morgan fingerprint density at radius 3 is 2.54 bits per heavy atom. The minimum Gasteiger partial charge on any atom is -0.481 e. The van der Waals surface area contributed by atoms with E-state index in [9.17, 15) is 8.78 Å². The Hall–Kier alpha value is -3.47. The van der Waals surface area contributed by atoms with E-state index in [2.05, 4.69) is 9.97 Å². The maximum absolute atomic E-state index is 13.2. The van der Waals surface area contributed by atoms with Gasteiger partial charge in [0.25, 0.3) is 6.43 Å². The summed E-state index contributed by atoms with van der Waals surface area (Å²) in [6.07, 6.45) is 0.103. The van der Waals surface area contributed by atoms with Gasteiger partial charge in [-0.05, 0) is 30.3 Å². The van der Waals surface area contributed by atoms with Crippen LogP contribution in [0.3, 0.4) is 0 Å². The van der Waals surface area contributed by atoms with E-state index in [1.807, 2.05) is 6.07 Å². The number of nitriles is 1. The molecule has 0 fully saturated rings. The lowest BCUT2D eigenvalue weighted by atomic mass is 10.2. The Morgan fingerprint density at radius 1 is 1.19 bits per heavy atom. The summed E-state index contributed by atoms with van der Waals surface area (Å²) >= 11 is 0. The van der Waals surface area contributed by atoms with Crippen molar-refractivity contribution >= 4 is 0 Å². The minimum absolute atomic E-state index is 0.0667. The first kappa shape index (κ1) is 17.4. The van der Waals surface area contributed by atoms with Crippen LogP contribution in [0.5, 0.6) is 11.6 Å². The molecule has 132 valence electrons. The highest BCUT2D eigenvalue weighted by atomic mass is 19.3. The van der Waals surface area contributed by atoms with Crippen LogP contribution >= 0.6 is 0 Å². The smallest absolute Gasteiger partial charge is 0.281 e. The Bertz CT molecular complexity index is 916. The normalized spacial score (nSPS) is 10.6. The quantitative estimate of drug-likeness (QED) is 0.672. The maximum atomic E-state index is 13.2. The molecule has 0 radical (unpaired) electrons. The van der Waals surface area contributed by atoms with E-state index < -0.39 is 6.43 Å². The molecule has 0 spiro atoms. The number of pyridine rings is 1. The third-order valence-corrected chi connectivity index (χ3v) is 3.57. The SMILES string of the molecule is COc1ccc(-c2nc(C(F)F)cn2-c2ccc(OCC#N)cc2)cn1. The van der Waals surface area contributed by atoms with Crippen molar-refractivity contribution in [1.29, 1.82) is 5.26 Å². The van der Waals surface area contributed by atoms with Crippen LogP contribution < -0.4 is 9.47 Å².